The van der Waals surface area contributed by atoms with E-state index in [1.165, 1.54) is 0 Å². The second-order valence-corrected chi connectivity index (χ2v) is 8.05. The van der Waals surface area contributed by atoms with Crippen LogP contribution >= 0.6 is 15.9 Å². The van der Waals surface area contributed by atoms with Crippen LogP contribution < -0.4 is 5.73 Å². The van der Waals surface area contributed by atoms with Crippen molar-refractivity contribution in [3.8, 4) is 0 Å². The minimum absolute atomic E-state index is 0.146. The lowest BCUT2D eigenvalue weighted by molar-refractivity contribution is 0.413. The molecule has 3 nitrogen and oxygen atoms in total. The Labute approximate surface area is 117 Å². The van der Waals surface area contributed by atoms with Crippen molar-refractivity contribution in [2.24, 2.45) is 11.7 Å². The van der Waals surface area contributed by atoms with Gasteiger partial charge in [-0.05, 0) is 48.9 Å². The van der Waals surface area contributed by atoms with E-state index in [4.69, 9.17) is 5.73 Å². The van der Waals surface area contributed by atoms with E-state index >= 15 is 0 Å². The monoisotopic (exact) mass is 331 g/mol. The zero-order chi connectivity index (χ0) is 13.2. The van der Waals surface area contributed by atoms with Crippen LogP contribution in [-0.4, -0.2) is 26.5 Å². The van der Waals surface area contributed by atoms with Crippen LogP contribution in [0.3, 0.4) is 0 Å². The summed E-state index contributed by atoms with van der Waals surface area (Å²) in [6, 6.07) is 8.02. The molecule has 2 N–H and O–H groups in total. The van der Waals surface area contributed by atoms with Crippen molar-refractivity contribution >= 4 is 25.8 Å². The number of benzene rings is 1. The molecule has 0 saturated carbocycles. The van der Waals surface area contributed by atoms with Gasteiger partial charge in [0.2, 0.25) is 0 Å². The summed E-state index contributed by atoms with van der Waals surface area (Å²) in [6.45, 7) is 0.502. The highest BCUT2D eigenvalue weighted by Crippen LogP contribution is 2.32. The molecule has 0 radical (unpaired) electrons. The fourth-order valence-electron chi connectivity index (χ4n) is 2.69. The number of halogens is 1. The average molecular weight is 332 g/mol. The first-order chi connectivity index (χ1) is 8.52. The fourth-order valence-corrected chi connectivity index (χ4v) is 4.78. The van der Waals surface area contributed by atoms with Crippen LogP contribution in [0.15, 0.2) is 28.7 Å². The maximum atomic E-state index is 11.7. The molecule has 0 aliphatic carbocycles. The molecule has 0 bridgehead atoms. The summed E-state index contributed by atoms with van der Waals surface area (Å²) in [5, 5.41) is 0. The average Bonchev–Trinajstić information content (AvgIpc) is 2.31. The van der Waals surface area contributed by atoms with E-state index in [0.29, 0.717) is 12.3 Å². The van der Waals surface area contributed by atoms with Crippen LogP contribution in [0.5, 0.6) is 0 Å². The minimum atomic E-state index is -2.87. The normalized spacial score (nSPS) is 24.7. The molecule has 2 rings (SSSR count). The molecule has 1 fully saturated rings. The van der Waals surface area contributed by atoms with Crippen LogP contribution in [-0.2, 0) is 9.84 Å². The Morgan fingerprint density at radius 3 is 2.56 bits per heavy atom. The largest absolute Gasteiger partial charge is 0.330 e. The molecule has 0 spiro atoms. The van der Waals surface area contributed by atoms with Crippen molar-refractivity contribution in [2.75, 3.05) is 18.1 Å². The Morgan fingerprint density at radius 2 is 2.00 bits per heavy atom. The van der Waals surface area contributed by atoms with Crippen molar-refractivity contribution in [3.63, 3.8) is 0 Å². The number of nitrogens with two attached hydrogens (primary N) is 1. The van der Waals surface area contributed by atoms with Crippen molar-refractivity contribution in [1.82, 2.24) is 0 Å². The van der Waals surface area contributed by atoms with Gasteiger partial charge >= 0.3 is 0 Å². The zero-order valence-corrected chi connectivity index (χ0v) is 12.6. The van der Waals surface area contributed by atoms with E-state index in [2.05, 4.69) is 15.9 Å². The molecule has 1 aliphatic rings. The van der Waals surface area contributed by atoms with Gasteiger partial charge in [-0.2, -0.15) is 0 Å². The number of sulfone groups is 1. The molecule has 2 atom stereocenters. The third-order valence-electron chi connectivity index (χ3n) is 3.62. The molecule has 1 heterocycles. The van der Waals surface area contributed by atoms with Crippen molar-refractivity contribution < 1.29 is 8.42 Å². The topological polar surface area (TPSA) is 60.2 Å². The quantitative estimate of drug-likeness (QED) is 0.924. The highest BCUT2D eigenvalue weighted by Gasteiger charge is 2.30. The number of hydrogen-bond donors (Lipinski definition) is 1. The Hall–Kier alpha value is -0.390. The van der Waals surface area contributed by atoms with Gasteiger partial charge in [-0.15, -0.1) is 0 Å². The summed E-state index contributed by atoms with van der Waals surface area (Å²) in [5.74, 6) is 0.926. The lowest BCUT2D eigenvalue weighted by Crippen LogP contribution is -2.32. The SMILES string of the molecule is NCC(c1ccc(Br)cc1)C1CCCS(=O)(=O)C1. The zero-order valence-electron chi connectivity index (χ0n) is 10.2. The Balaban J connectivity index is 2.20. The van der Waals surface area contributed by atoms with E-state index in [1.807, 2.05) is 24.3 Å². The standard InChI is InChI=1S/C13H18BrNO2S/c14-12-5-3-10(4-6-12)13(8-15)11-2-1-7-18(16,17)9-11/h3-6,11,13H,1-2,7-9,15H2. The second kappa shape index (κ2) is 5.72. The molecule has 0 aromatic heterocycles. The highest BCUT2D eigenvalue weighted by atomic mass is 79.9. The molecular weight excluding hydrogens is 314 g/mol. The van der Waals surface area contributed by atoms with Gasteiger partial charge in [0.05, 0.1) is 11.5 Å². The van der Waals surface area contributed by atoms with E-state index in [0.717, 1.165) is 22.9 Å². The Morgan fingerprint density at radius 1 is 1.33 bits per heavy atom. The Kier molecular flexibility index (Phi) is 4.45. The number of rotatable bonds is 3. The van der Waals surface area contributed by atoms with E-state index in [-0.39, 0.29) is 17.6 Å². The van der Waals surface area contributed by atoms with Gasteiger partial charge in [-0.1, -0.05) is 28.1 Å². The first-order valence-corrected chi connectivity index (χ1v) is 8.79. The lowest BCUT2D eigenvalue weighted by atomic mass is 9.84. The summed E-state index contributed by atoms with van der Waals surface area (Å²) in [6.07, 6.45) is 1.72. The molecule has 2 unspecified atom stereocenters. The summed E-state index contributed by atoms with van der Waals surface area (Å²) in [5.41, 5.74) is 7.00. The maximum absolute atomic E-state index is 11.7. The summed E-state index contributed by atoms with van der Waals surface area (Å²) in [7, 11) is -2.87. The Bertz CT molecular complexity index is 498. The summed E-state index contributed by atoms with van der Waals surface area (Å²) < 4.78 is 24.5. The predicted octanol–water partition coefficient (Wildman–Crippen LogP) is 2.32. The summed E-state index contributed by atoms with van der Waals surface area (Å²) >= 11 is 3.40. The molecular formula is C13H18BrNO2S. The summed E-state index contributed by atoms with van der Waals surface area (Å²) in [4.78, 5) is 0. The second-order valence-electron chi connectivity index (χ2n) is 4.91. The lowest BCUT2D eigenvalue weighted by Gasteiger charge is -2.29. The molecule has 100 valence electrons. The van der Waals surface area contributed by atoms with Gasteiger partial charge in [0.1, 0.15) is 0 Å². The van der Waals surface area contributed by atoms with Gasteiger partial charge in [0, 0.05) is 4.47 Å². The molecule has 18 heavy (non-hydrogen) atoms. The highest BCUT2D eigenvalue weighted by molar-refractivity contribution is 9.10. The van der Waals surface area contributed by atoms with Crippen LogP contribution in [0.1, 0.15) is 24.3 Å². The molecule has 0 amide bonds. The molecule has 5 heteroatoms. The van der Waals surface area contributed by atoms with Crippen LogP contribution in [0.2, 0.25) is 0 Å². The van der Waals surface area contributed by atoms with Crippen molar-refractivity contribution in [2.45, 2.75) is 18.8 Å². The first kappa shape index (κ1) is 14.0. The third kappa shape index (κ3) is 3.33. The molecule has 1 aromatic rings. The van der Waals surface area contributed by atoms with Gasteiger partial charge in [-0.3, -0.25) is 0 Å². The third-order valence-corrected chi connectivity index (χ3v) is 5.99. The predicted molar refractivity (Wildman–Crippen MR) is 77.3 cm³/mol. The minimum Gasteiger partial charge on any atom is -0.330 e. The van der Waals surface area contributed by atoms with Crippen LogP contribution in [0.25, 0.3) is 0 Å². The van der Waals surface area contributed by atoms with E-state index < -0.39 is 9.84 Å². The van der Waals surface area contributed by atoms with Crippen LogP contribution in [0.4, 0.5) is 0 Å². The smallest absolute Gasteiger partial charge is 0.150 e. The van der Waals surface area contributed by atoms with E-state index in [9.17, 15) is 8.42 Å². The molecule has 1 saturated heterocycles. The maximum Gasteiger partial charge on any atom is 0.150 e. The van der Waals surface area contributed by atoms with Gasteiger partial charge in [-0.25, -0.2) is 8.42 Å². The van der Waals surface area contributed by atoms with Crippen molar-refractivity contribution in [1.29, 1.82) is 0 Å². The van der Waals surface area contributed by atoms with E-state index in [1.54, 1.807) is 0 Å². The van der Waals surface area contributed by atoms with Gasteiger partial charge < -0.3 is 5.73 Å². The van der Waals surface area contributed by atoms with Crippen LogP contribution in [0, 0.1) is 5.92 Å². The van der Waals surface area contributed by atoms with Gasteiger partial charge in [0.25, 0.3) is 0 Å². The number of hydrogen-bond acceptors (Lipinski definition) is 3. The van der Waals surface area contributed by atoms with Crippen molar-refractivity contribution in [3.05, 3.63) is 34.3 Å². The molecule has 1 aliphatic heterocycles. The molecule has 1 aromatic carbocycles. The first-order valence-electron chi connectivity index (χ1n) is 6.18. The van der Waals surface area contributed by atoms with Gasteiger partial charge in [0.15, 0.2) is 9.84 Å². The fraction of sp³-hybridized carbons (Fsp3) is 0.538.